The predicted molar refractivity (Wildman–Crippen MR) is 119 cm³/mol. The number of ether oxygens (including phenoxy) is 3. The van der Waals surface area contributed by atoms with Crippen LogP contribution in [0.25, 0.3) is 0 Å². The summed E-state index contributed by atoms with van der Waals surface area (Å²) in [6.07, 6.45) is 3.45. The van der Waals surface area contributed by atoms with Crippen LogP contribution < -0.4 is 24.8 Å². The SMILES string of the molecule is COc1cc(OC)c(C(=O)Nc2nc(C(=O)NCC3CCCCN3C)cs2)cc1OC. The smallest absolute Gasteiger partial charge is 0.270 e. The fourth-order valence-electron chi connectivity index (χ4n) is 3.51. The van der Waals surface area contributed by atoms with Gasteiger partial charge in [-0.05, 0) is 26.4 Å². The summed E-state index contributed by atoms with van der Waals surface area (Å²) in [5, 5.41) is 7.60. The molecule has 3 rings (SSSR count). The highest BCUT2D eigenvalue weighted by Crippen LogP contribution is 2.35. The second-order valence-corrected chi connectivity index (χ2v) is 8.10. The number of carbonyl (C=O) groups is 2. The second kappa shape index (κ2) is 10.5. The van der Waals surface area contributed by atoms with Crippen LogP contribution >= 0.6 is 11.3 Å². The minimum absolute atomic E-state index is 0.251. The van der Waals surface area contributed by atoms with Crippen LogP contribution in [0.1, 0.15) is 40.1 Å². The summed E-state index contributed by atoms with van der Waals surface area (Å²) in [6.45, 7) is 1.63. The van der Waals surface area contributed by atoms with Crippen LogP contribution in [-0.2, 0) is 0 Å². The number of piperidine rings is 1. The fraction of sp³-hybridized carbons (Fsp3) is 0.476. The van der Waals surface area contributed by atoms with Gasteiger partial charge in [0.2, 0.25) is 0 Å². The van der Waals surface area contributed by atoms with Gasteiger partial charge in [0.15, 0.2) is 16.6 Å². The molecule has 0 radical (unpaired) electrons. The standard InChI is InChI=1S/C21H28N4O5S/c1-25-8-6-5-7-13(25)11-22-20(27)15-12-31-21(23-15)24-19(26)14-9-17(29-3)18(30-4)10-16(14)28-2/h9-10,12-13H,5-8,11H2,1-4H3,(H,22,27)(H,23,24,26). The lowest BCUT2D eigenvalue weighted by atomic mass is 10.0. The van der Waals surface area contributed by atoms with Crippen molar-refractivity contribution in [3.8, 4) is 17.2 Å². The van der Waals surface area contributed by atoms with Crippen molar-refractivity contribution in [1.29, 1.82) is 0 Å². The molecule has 0 spiro atoms. The van der Waals surface area contributed by atoms with Crippen molar-refractivity contribution in [2.75, 3.05) is 46.8 Å². The normalized spacial score (nSPS) is 16.5. The first-order valence-corrected chi connectivity index (χ1v) is 10.9. The lowest BCUT2D eigenvalue weighted by molar-refractivity contribution is 0.0923. The summed E-state index contributed by atoms with van der Waals surface area (Å²) in [7, 11) is 6.54. The molecule has 1 aromatic carbocycles. The molecular formula is C21H28N4O5S. The van der Waals surface area contributed by atoms with E-state index in [9.17, 15) is 9.59 Å². The minimum atomic E-state index is -0.428. The summed E-state index contributed by atoms with van der Waals surface area (Å²) >= 11 is 1.18. The van der Waals surface area contributed by atoms with Crippen molar-refractivity contribution in [3.05, 3.63) is 28.8 Å². The second-order valence-electron chi connectivity index (χ2n) is 7.24. The highest BCUT2D eigenvalue weighted by molar-refractivity contribution is 7.14. The molecule has 0 saturated carbocycles. The molecule has 1 aliphatic rings. The number of likely N-dealkylation sites (N-methyl/N-ethyl adjacent to an activating group) is 1. The molecule has 0 bridgehead atoms. The third-order valence-corrected chi connectivity index (χ3v) is 6.09. The Bertz CT molecular complexity index is 932. The van der Waals surface area contributed by atoms with Crippen LogP contribution in [0.2, 0.25) is 0 Å². The number of nitrogens with zero attached hydrogens (tertiary/aromatic N) is 2. The molecule has 1 aliphatic heterocycles. The molecule has 2 aromatic rings. The molecule has 168 valence electrons. The Balaban J connectivity index is 1.65. The third-order valence-electron chi connectivity index (χ3n) is 5.33. The van der Waals surface area contributed by atoms with Gasteiger partial charge < -0.3 is 24.4 Å². The number of hydrogen-bond acceptors (Lipinski definition) is 8. The van der Waals surface area contributed by atoms with E-state index in [2.05, 4.69) is 27.6 Å². The molecule has 0 aliphatic carbocycles. The Kier molecular flexibility index (Phi) is 7.69. The zero-order valence-electron chi connectivity index (χ0n) is 18.2. The zero-order chi connectivity index (χ0) is 22.4. The molecule has 1 unspecified atom stereocenters. The maximum absolute atomic E-state index is 12.8. The first kappa shape index (κ1) is 22.8. The topological polar surface area (TPSA) is 102 Å². The maximum atomic E-state index is 12.8. The number of methoxy groups -OCH3 is 3. The minimum Gasteiger partial charge on any atom is -0.496 e. The number of nitrogens with one attached hydrogen (secondary N) is 2. The van der Waals surface area contributed by atoms with Gasteiger partial charge in [0, 0.05) is 30.1 Å². The number of hydrogen-bond donors (Lipinski definition) is 2. The highest BCUT2D eigenvalue weighted by atomic mass is 32.1. The number of aromatic nitrogens is 1. The quantitative estimate of drug-likeness (QED) is 0.640. The van der Waals surface area contributed by atoms with Gasteiger partial charge in [0.1, 0.15) is 11.4 Å². The molecule has 1 atom stereocenters. The van der Waals surface area contributed by atoms with Gasteiger partial charge in [-0.3, -0.25) is 14.9 Å². The van der Waals surface area contributed by atoms with Gasteiger partial charge in [-0.1, -0.05) is 6.42 Å². The van der Waals surface area contributed by atoms with Crippen molar-refractivity contribution >= 4 is 28.3 Å². The van der Waals surface area contributed by atoms with Gasteiger partial charge in [-0.15, -0.1) is 11.3 Å². The van der Waals surface area contributed by atoms with E-state index < -0.39 is 5.91 Å². The van der Waals surface area contributed by atoms with Gasteiger partial charge in [-0.25, -0.2) is 4.98 Å². The molecule has 2 amide bonds. The molecular weight excluding hydrogens is 420 g/mol. The number of benzene rings is 1. The number of carbonyl (C=O) groups excluding carboxylic acids is 2. The van der Waals surface area contributed by atoms with Gasteiger partial charge in [0.05, 0.1) is 26.9 Å². The van der Waals surface area contributed by atoms with Crippen molar-refractivity contribution in [1.82, 2.24) is 15.2 Å². The number of thiazole rings is 1. The van der Waals surface area contributed by atoms with E-state index in [-0.39, 0.29) is 17.2 Å². The highest BCUT2D eigenvalue weighted by Gasteiger charge is 2.22. The third kappa shape index (κ3) is 5.45. The van der Waals surface area contributed by atoms with Crippen LogP contribution in [0, 0.1) is 0 Å². The number of likely N-dealkylation sites (tertiary alicyclic amines) is 1. The Hall–Kier alpha value is -2.85. The van der Waals surface area contributed by atoms with Gasteiger partial charge in [-0.2, -0.15) is 0 Å². The molecule has 1 fully saturated rings. The summed E-state index contributed by atoms with van der Waals surface area (Å²) in [5.41, 5.74) is 0.541. The van der Waals surface area contributed by atoms with Crippen LogP contribution in [0.4, 0.5) is 5.13 Å². The predicted octanol–water partition coefficient (Wildman–Crippen LogP) is 2.64. The molecule has 9 nitrogen and oxygen atoms in total. The largest absolute Gasteiger partial charge is 0.496 e. The van der Waals surface area contributed by atoms with Crippen molar-refractivity contribution in [2.24, 2.45) is 0 Å². The van der Waals surface area contributed by atoms with Gasteiger partial charge in [0.25, 0.3) is 11.8 Å². The Morgan fingerprint density at radius 2 is 1.81 bits per heavy atom. The van der Waals surface area contributed by atoms with E-state index in [0.717, 1.165) is 13.0 Å². The molecule has 1 aromatic heterocycles. The summed E-state index contributed by atoms with van der Waals surface area (Å²) in [6, 6.07) is 3.46. The van der Waals surface area contributed by atoms with Crippen LogP contribution in [-0.4, -0.2) is 69.2 Å². The van der Waals surface area contributed by atoms with Gasteiger partial charge >= 0.3 is 0 Å². The lowest BCUT2D eigenvalue weighted by Gasteiger charge is -2.32. The van der Waals surface area contributed by atoms with Crippen LogP contribution in [0.3, 0.4) is 0 Å². The first-order chi connectivity index (χ1) is 15.0. The molecule has 31 heavy (non-hydrogen) atoms. The number of amides is 2. The summed E-state index contributed by atoms with van der Waals surface area (Å²) < 4.78 is 15.8. The van der Waals surface area contributed by atoms with E-state index in [1.807, 2.05) is 0 Å². The average Bonchev–Trinajstić information content (AvgIpc) is 3.25. The average molecular weight is 449 g/mol. The molecule has 1 saturated heterocycles. The Morgan fingerprint density at radius 1 is 1.10 bits per heavy atom. The van der Waals surface area contributed by atoms with E-state index in [4.69, 9.17) is 14.2 Å². The fourth-order valence-corrected chi connectivity index (χ4v) is 4.20. The monoisotopic (exact) mass is 448 g/mol. The number of rotatable bonds is 8. The van der Waals surface area contributed by atoms with E-state index in [1.54, 1.807) is 11.4 Å². The molecule has 2 heterocycles. The Labute approximate surface area is 185 Å². The zero-order valence-corrected chi connectivity index (χ0v) is 19.0. The summed E-state index contributed by atoms with van der Waals surface area (Å²) in [4.78, 5) is 31.8. The first-order valence-electron chi connectivity index (χ1n) is 10.0. The van der Waals surface area contributed by atoms with Crippen molar-refractivity contribution in [2.45, 2.75) is 25.3 Å². The van der Waals surface area contributed by atoms with Crippen molar-refractivity contribution in [3.63, 3.8) is 0 Å². The van der Waals surface area contributed by atoms with Crippen LogP contribution in [0.15, 0.2) is 17.5 Å². The number of anilines is 1. The summed E-state index contributed by atoms with van der Waals surface area (Å²) in [5.74, 6) is 0.511. The van der Waals surface area contributed by atoms with Crippen molar-refractivity contribution < 1.29 is 23.8 Å². The maximum Gasteiger partial charge on any atom is 0.270 e. The molecule has 10 heteroatoms. The Morgan fingerprint density at radius 3 is 2.48 bits per heavy atom. The van der Waals surface area contributed by atoms with E-state index >= 15 is 0 Å². The van der Waals surface area contributed by atoms with E-state index in [1.165, 1.54) is 51.6 Å². The molecule has 2 N–H and O–H groups in total. The lowest BCUT2D eigenvalue weighted by Crippen LogP contribution is -2.44. The van der Waals surface area contributed by atoms with E-state index in [0.29, 0.717) is 35.0 Å². The van der Waals surface area contributed by atoms with Crippen LogP contribution in [0.5, 0.6) is 17.2 Å².